The van der Waals surface area contributed by atoms with E-state index in [-0.39, 0.29) is 0 Å². The molecule has 0 aliphatic carbocycles. The molecule has 1 aliphatic heterocycles. The van der Waals surface area contributed by atoms with E-state index in [0.717, 1.165) is 37.9 Å². The molecule has 1 saturated heterocycles. The molecule has 0 aromatic carbocycles. The van der Waals surface area contributed by atoms with E-state index in [1.165, 1.54) is 23.5 Å². The number of aromatic nitrogens is 1. The van der Waals surface area contributed by atoms with Gasteiger partial charge in [0.1, 0.15) is 5.82 Å². The van der Waals surface area contributed by atoms with Gasteiger partial charge in [0.25, 0.3) is 0 Å². The molecule has 118 valence electrons. The molecule has 2 rings (SSSR count). The predicted molar refractivity (Wildman–Crippen MR) is 90.7 cm³/mol. The van der Waals surface area contributed by atoms with E-state index in [1.807, 2.05) is 0 Å². The predicted octanol–water partition coefficient (Wildman–Crippen LogP) is 3.62. The fourth-order valence-electron chi connectivity index (χ4n) is 2.87. The van der Waals surface area contributed by atoms with Crippen LogP contribution >= 0.6 is 0 Å². The van der Waals surface area contributed by atoms with Gasteiger partial charge in [0, 0.05) is 31.4 Å². The number of nitrogens with one attached hydrogen (secondary N) is 1. The summed E-state index contributed by atoms with van der Waals surface area (Å²) in [5.74, 6) is 2.76. The van der Waals surface area contributed by atoms with Crippen LogP contribution in [0.2, 0.25) is 0 Å². The summed E-state index contributed by atoms with van der Waals surface area (Å²) in [5, 5.41) is 3.51. The van der Waals surface area contributed by atoms with E-state index in [9.17, 15) is 0 Å². The van der Waals surface area contributed by atoms with Crippen LogP contribution < -0.4 is 10.2 Å². The Morgan fingerprint density at radius 1 is 1.29 bits per heavy atom. The molecule has 2 unspecified atom stereocenters. The minimum atomic E-state index is 0.516. The Labute approximate surface area is 130 Å². The zero-order valence-electron chi connectivity index (χ0n) is 14.3. The topological polar surface area (TPSA) is 28.2 Å². The summed E-state index contributed by atoms with van der Waals surface area (Å²) < 4.78 is 0. The number of hydrogen-bond donors (Lipinski definition) is 1. The summed E-state index contributed by atoms with van der Waals surface area (Å²) in [5.41, 5.74) is 2.57. The average Bonchev–Trinajstić information content (AvgIpc) is 2.47. The molecular weight excluding hydrogens is 258 g/mol. The van der Waals surface area contributed by atoms with E-state index in [4.69, 9.17) is 4.98 Å². The summed E-state index contributed by atoms with van der Waals surface area (Å²) in [4.78, 5) is 7.34. The highest BCUT2D eigenvalue weighted by Crippen LogP contribution is 2.26. The van der Waals surface area contributed by atoms with Crippen LogP contribution in [0.1, 0.15) is 52.3 Å². The summed E-state index contributed by atoms with van der Waals surface area (Å²) >= 11 is 0. The molecule has 1 aliphatic rings. The second kappa shape index (κ2) is 7.26. The van der Waals surface area contributed by atoms with Crippen molar-refractivity contribution in [3.8, 4) is 0 Å². The molecule has 0 spiro atoms. The summed E-state index contributed by atoms with van der Waals surface area (Å²) in [6.45, 7) is 14.5. The van der Waals surface area contributed by atoms with Crippen LogP contribution in [0.3, 0.4) is 0 Å². The van der Waals surface area contributed by atoms with Crippen LogP contribution in [-0.2, 0) is 13.0 Å². The van der Waals surface area contributed by atoms with Crippen LogP contribution in [-0.4, -0.2) is 24.1 Å². The number of rotatable bonds is 5. The third-order valence-electron chi connectivity index (χ3n) is 4.66. The maximum absolute atomic E-state index is 4.86. The normalized spacial score (nSPS) is 22.9. The van der Waals surface area contributed by atoms with Gasteiger partial charge in [0.05, 0.1) is 0 Å². The maximum Gasteiger partial charge on any atom is 0.129 e. The quantitative estimate of drug-likeness (QED) is 0.897. The van der Waals surface area contributed by atoms with Gasteiger partial charge in [-0.1, -0.05) is 34.6 Å². The third-order valence-corrected chi connectivity index (χ3v) is 4.66. The van der Waals surface area contributed by atoms with Crippen molar-refractivity contribution in [3.05, 3.63) is 23.4 Å². The second-order valence-corrected chi connectivity index (χ2v) is 6.90. The first-order chi connectivity index (χ1) is 9.99. The first-order valence-electron chi connectivity index (χ1n) is 8.47. The average molecular weight is 289 g/mol. The Kier molecular flexibility index (Phi) is 5.63. The zero-order chi connectivity index (χ0) is 15.4. The van der Waals surface area contributed by atoms with Crippen LogP contribution in [0.25, 0.3) is 0 Å². The van der Waals surface area contributed by atoms with Gasteiger partial charge in [-0.2, -0.15) is 0 Å². The second-order valence-electron chi connectivity index (χ2n) is 6.90. The number of piperidine rings is 1. The summed E-state index contributed by atoms with van der Waals surface area (Å²) in [7, 11) is 0. The van der Waals surface area contributed by atoms with Crippen LogP contribution in [0.15, 0.2) is 12.1 Å². The molecule has 0 amide bonds. The molecule has 1 N–H and O–H groups in total. The lowest BCUT2D eigenvalue weighted by Gasteiger charge is -2.36. The maximum atomic E-state index is 4.86. The molecule has 1 fully saturated rings. The van der Waals surface area contributed by atoms with Gasteiger partial charge in [0.15, 0.2) is 0 Å². The number of anilines is 1. The first kappa shape index (κ1) is 16.3. The summed E-state index contributed by atoms with van der Waals surface area (Å²) in [6.07, 6.45) is 2.28. The van der Waals surface area contributed by atoms with Crippen molar-refractivity contribution in [2.75, 3.05) is 18.0 Å². The Morgan fingerprint density at radius 3 is 2.67 bits per heavy atom. The van der Waals surface area contributed by atoms with Gasteiger partial charge in [-0.15, -0.1) is 0 Å². The Hall–Kier alpha value is -1.09. The minimum Gasteiger partial charge on any atom is -0.356 e. The van der Waals surface area contributed by atoms with Gasteiger partial charge in [0.2, 0.25) is 0 Å². The minimum absolute atomic E-state index is 0.516. The molecule has 3 heteroatoms. The lowest BCUT2D eigenvalue weighted by molar-refractivity contribution is 0.322. The highest BCUT2D eigenvalue weighted by atomic mass is 15.2. The Bertz CT molecular complexity index is 456. The van der Waals surface area contributed by atoms with E-state index in [1.54, 1.807) is 0 Å². The number of pyridine rings is 1. The van der Waals surface area contributed by atoms with Crippen molar-refractivity contribution in [2.45, 2.75) is 60.0 Å². The van der Waals surface area contributed by atoms with Crippen molar-refractivity contribution in [2.24, 2.45) is 11.8 Å². The highest BCUT2D eigenvalue weighted by Gasteiger charge is 2.23. The van der Waals surface area contributed by atoms with Crippen LogP contribution in [0.4, 0.5) is 5.82 Å². The smallest absolute Gasteiger partial charge is 0.129 e. The Morgan fingerprint density at radius 2 is 2.05 bits per heavy atom. The first-order valence-corrected chi connectivity index (χ1v) is 8.47. The van der Waals surface area contributed by atoms with E-state index < -0.39 is 0 Å². The summed E-state index contributed by atoms with van der Waals surface area (Å²) in [6, 6.07) is 5.04. The van der Waals surface area contributed by atoms with Gasteiger partial charge >= 0.3 is 0 Å². The van der Waals surface area contributed by atoms with Crippen molar-refractivity contribution in [3.63, 3.8) is 0 Å². The van der Waals surface area contributed by atoms with Gasteiger partial charge in [-0.3, -0.25) is 0 Å². The van der Waals surface area contributed by atoms with Crippen molar-refractivity contribution >= 4 is 5.82 Å². The monoisotopic (exact) mass is 289 g/mol. The lowest BCUT2D eigenvalue weighted by atomic mass is 9.88. The van der Waals surface area contributed by atoms with E-state index in [0.29, 0.717) is 6.04 Å². The molecule has 2 atom stereocenters. The van der Waals surface area contributed by atoms with Crippen LogP contribution in [0.5, 0.6) is 0 Å². The molecular formula is C18H31N3. The Balaban J connectivity index is 2.16. The van der Waals surface area contributed by atoms with E-state index >= 15 is 0 Å². The SMILES string of the molecule is CCc1cc(CNC(C)C)cc(N2CCC(C)C(C)C2)n1. The number of nitrogens with zero attached hydrogens (tertiary/aromatic N) is 2. The van der Waals surface area contributed by atoms with Crippen LogP contribution in [0, 0.1) is 11.8 Å². The zero-order valence-corrected chi connectivity index (χ0v) is 14.3. The van der Waals surface area contributed by atoms with Gasteiger partial charge < -0.3 is 10.2 Å². The molecule has 0 saturated carbocycles. The molecule has 3 nitrogen and oxygen atoms in total. The van der Waals surface area contributed by atoms with Gasteiger partial charge in [-0.05, 0) is 42.4 Å². The highest BCUT2D eigenvalue weighted by molar-refractivity contribution is 5.43. The van der Waals surface area contributed by atoms with Crippen molar-refractivity contribution < 1.29 is 0 Å². The fraction of sp³-hybridized carbons (Fsp3) is 0.722. The standard InChI is InChI=1S/C18H31N3/c1-6-17-9-16(11-19-13(2)3)10-18(20-17)21-8-7-14(4)15(5)12-21/h9-10,13-15,19H,6-8,11-12H2,1-5H3. The van der Waals surface area contributed by atoms with Crippen molar-refractivity contribution in [1.29, 1.82) is 0 Å². The lowest BCUT2D eigenvalue weighted by Crippen LogP contribution is -2.39. The van der Waals surface area contributed by atoms with Crippen molar-refractivity contribution in [1.82, 2.24) is 10.3 Å². The van der Waals surface area contributed by atoms with Gasteiger partial charge in [-0.25, -0.2) is 4.98 Å². The molecule has 0 radical (unpaired) electrons. The molecule has 21 heavy (non-hydrogen) atoms. The van der Waals surface area contributed by atoms with E-state index in [2.05, 4.69) is 57.0 Å². The number of aryl methyl sites for hydroxylation is 1. The fourth-order valence-corrected chi connectivity index (χ4v) is 2.87. The molecule has 1 aromatic heterocycles. The molecule has 2 heterocycles. The third kappa shape index (κ3) is 4.44. The largest absolute Gasteiger partial charge is 0.356 e. The molecule has 0 bridgehead atoms. The molecule has 1 aromatic rings. The number of hydrogen-bond acceptors (Lipinski definition) is 3.